The second-order valence-electron chi connectivity index (χ2n) is 1.30. The van der Waals surface area contributed by atoms with Gasteiger partial charge < -0.3 is 5.32 Å². The molecule has 0 radical (unpaired) electrons. The van der Waals surface area contributed by atoms with Gasteiger partial charge in [-0.2, -0.15) is 0 Å². The molecule has 0 aliphatic carbocycles. The fraction of sp³-hybridized carbons (Fsp3) is 0.333. The van der Waals surface area contributed by atoms with Gasteiger partial charge >= 0.3 is 0 Å². The summed E-state index contributed by atoms with van der Waals surface area (Å²) in [6.07, 6.45) is 7.72. The molecule has 0 amide bonds. The molecular formula is C6H11ClN+. The highest BCUT2D eigenvalue weighted by Crippen LogP contribution is 1.76. The lowest BCUT2D eigenvalue weighted by Gasteiger charge is -1.73. The Morgan fingerprint density at radius 3 is 2.75 bits per heavy atom. The van der Waals surface area contributed by atoms with Gasteiger partial charge in [0.25, 0.3) is 0 Å². The average Bonchev–Trinajstić information content (AvgIpc) is 1.81. The molecule has 0 bridgehead atoms. The fourth-order valence-corrected chi connectivity index (χ4v) is 0.408. The lowest BCUT2D eigenvalue weighted by atomic mass is 10.5. The van der Waals surface area contributed by atoms with Crippen LogP contribution in [0.1, 0.15) is 0 Å². The van der Waals surface area contributed by atoms with Crippen LogP contribution in [0.25, 0.3) is 0 Å². The third kappa shape index (κ3) is 5.73. The number of quaternary nitrogens is 1. The van der Waals surface area contributed by atoms with E-state index in [0.717, 1.165) is 0 Å². The number of rotatable bonds is 3. The van der Waals surface area contributed by atoms with E-state index in [2.05, 4.69) is 0 Å². The second kappa shape index (κ2) is 6.73. The van der Waals surface area contributed by atoms with E-state index < -0.39 is 0 Å². The van der Waals surface area contributed by atoms with Gasteiger partial charge in [0.15, 0.2) is 0 Å². The quantitative estimate of drug-likeness (QED) is 0.425. The maximum Gasteiger partial charge on any atom is 0.0923 e. The number of nitrogens with two attached hydrogens (primary N) is 1. The predicted molar refractivity (Wildman–Crippen MR) is 36.8 cm³/mol. The monoisotopic (exact) mass is 132 g/mol. The smallest absolute Gasteiger partial charge is 0.0923 e. The number of allylic oxidation sites excluding steroid dienone is 3. The Balaban J connectivity index is 3.13. The van der Waals surface area contributed by atoms with Crippen LogP contribution in [-0.4, -0.2) is 12.9 Å². The molecule has 0 spiro atoms. The number of alkyl halides is 1. The molecule has 0 rings (SSSR count). The molecule has 2 N–H and O–H groups in total. The first kappa shape index (κ1) is 7.73. The molecule has 1 nitrogen and oxygen atoms in total. The van der Waals surface area contributed by atoms with E-state index in [9.17, 15) is 0 Å². The number of hydrogen-bond acceptors (Lipinski definition) is 0. The van der Waals surface area contributed by atoms with Crippen molar-refractivity contribution in [2.75, 3.05) is 12.9 Å². The van der Waals surface area contributed by atoms with Crippen molar-refractivity contribution in [1.29, 1.82) is 0 Å². The Morgan fingerprint density at radius 2 is 2.25 bits per heavy atom. The average molecular weight is 133 g/mol. The van der Waals surface area contributed by atoms with Crippen LogP contribution in [0.4, 0.5) is 0 Å². The van der Waals surface area contributed by atoms with Crippen molar-refractivity contribution in [3.8, 4) is 0 Å². The normalized spacial score (nSPS) is 11.8. The minimum Gasteiger partial charge on any atom is -0.322 e. The molecule has 0 fully saturated rings. The molecule has 0 heterocycles. The van der Waals surface area contributed by atoms with Gasteiger partial charge in [0.2, 0.25) is 0 Å². The lowest BCUT2D eigenvalue weighted by Crippen LogP contribution is -2.72. The summed E-state index contributed by atoms with van der Waals surface area (Å²) in [5, 5.41) is 1.97. The van der Waals surface area contributed by atoms with E-state index in [4.69, 9.17) is 11.6 Å². The van der Waals surface area contributed by atoms with Gasteiger partial charge in [-0.05, 0) is 6.08 Å². The van der Waals surface area contributed by atoms with Gasteiger partial charge in [-0.1, -0.05) is 12.2 Å². The van der Waals surface area contributed by atoms with Crippen molar-refractivity contribution in [2.24, 2.45) is 0 Å². The summed E-state index contributed by atoms with van der Waals surface area (Å²) in [6, 6.07) is 0. The molecule has 0 unspecified atom stereocenters. The standard InChI is InChI=1S/C6H10ClN/c1-8-6-4-2-3-5-7/h2-4,6,8H,5H2,1H3/p+1. The molecule has 0 aliphatic rings. The molecule has 0 aliphatic heterocycles. The van der Waals surface area contributed by atoms with Crippen LogP contribution < -0.4 is 5.32 Å². The van der Waals surface area contributed by atoms with Gasteiger partial charge in [-0.3, -0.25) is 0 Å². The summed E-state index contributed by atoms with van der Waals surface area (Å²) < 4.78 is 0. The van der Waals surface area contributed by atoms with Gasteiger partial charge in [-0.25, -0.2) is 0 Å². The number of hydrogen-bond donors (Lipinski definition) is 1. The highest BCUT2D eigenvalue weighted by molar-refractivity contribution is 6.18. The Hall–Kier alpha value is -0.270. The Kier molecular flexibility index (Phi) is 6.50. The highest BCUT2D eigenvalue weighted by atomic mass is 35.5. The van der Waals surface area contributed by atoms with Gasteiger partial charge in [0.1, 0.15) is 0 Å². The minimum atomic E-state index is 0.591. The van der Waals surface area contributed by atoms with Crippen molar-refractivity contribution in [2.45, 2.75) is 0 Å². The fourth-order valence-electron chi connectivity index (χ4n) is 0.305. The topological polar surface area (TPSA) is 16.6 Å². The maximum absolute atomic E-state index is 5.35. The zero-order valence-electron chi connectivity index (χ0n) is 4.97. The van der Waals surface area contributed by atoms with Crippen LogP contribution in [0.3, 0.4) is 0 Å². The summed E-state index contributed by atoms with van der Waals surface area (Å²) in [5.41, 5.74) is 0. The summed E-state index contributed by atoms with van der Waals surface area (Å²) in [6.45, 7) is 0. The van der Waals surface area contributed by atoms with E-state index in [0.29, 0.717) is 5.88 Å². The predicted octanol–water partition coefficient (Wildman–Crippen LogP) is 0.488. The van der Waals surface area contributed by atoms with Crippen LogP contribution in [0.2, 0.25) is 0 Å². The van der Waals surface area contributed by atoms with E-state index in [1.54, 1.807) is 0 Å². The Morgan fingerprint density at radius 1 is 1.50 bits per heavy atom. The molecule has 0 saturated heterocycles. The van der Waals surface area contributed by atoms with E-state index in [1.165, 1.54) is 0 Å². The number of halogens is 1. The summed E-state index contributed by atoms with van der Waals surface area (Å²) in [7, 11) is 1.98. The Labute approximate surface area is 55.0 Å². The maximum atomic E-state index is 5.35. The molecular weight excluding hydrogens is 122 g/mol. The first-order valence-corrected chi connectivity index (χ1v) is 3.12. The molecule has 2 heteroatoms. The molecule has 46 valence electrons. The first-order valence-electron chi connectivity index (χ1n) is 2.59. The van der Waals surface area contributed by atoms with Gasteiger partial charge in [0, 0.05) is 5.88 Å². The van der Waals surface area contributed by atoms with Gasteiger partial charge in [-0.15, -0.1) is 11.6 Å². The van der Waals surface area contributed by atoms with Crippen LogP contribution >= 0.6 is 11.6 Å². The molecule has 8 heavy (non-hydrogen) atoms. The van der Waals surface area contributed by atoms with Crippen LogP contribution in [0, 0.1) is 0 Å². The summed E-state index contributed by atoms with van der Waals surface area (Å²) in [5.74, 6) is 0.591. The lowest BCUT2D eigenvalue weighted by molar-refractivity contribution is -0.556. The summed E-state index contributed by atoms with van der Waals surface area (Å²) in [4.78, 5) is 0. The zero-order chi connectivity index (χ0) is 6.24. The van der Waals surface area contributed by atoms with E-state index in [1.807, 2.05) is 36.8 Å². The van der Waals surface area contributed by atoms with Crippen molar-refractivity contribution < 1.29 is 5.32 Å². The first-order chi connectivity index (χ1) is 3.91. The minimum absolute atomic E-state index is 0.591. The summed E-state index contributed by atoms with van der Waals surface area (Å²) >= 11 is 5.35. The third-order valence-electron chi connectivity index (χ3n) is 0.640. The van der Waals surface area contributed by atoms with Crippen LogP contribution in [0.15, 0.2) is 24.4 Å². The molecule has 0 atom stereocenters. The molecule has 0 aromatic heterocycles. The Bertz CT molecular complexity index is 74.5. The van der Waals surface area contributed by atoms with Crippen molar-refractivity contribution in [3.63, 3.8) is 0 Å². The van der Waals surface area contributed by atoms with Crippen molar-refractivity contribution >= 4 is 11.6 Å². The van der Waals surface area contributed by atoms with E-state index in [-0.39, 0.29) is 0 Å². The molecule has 0 saturated carbocycles. The van der Waals surface area contributed by atoms with E-state index >= 15 is 0 Å². The second-order valence-corrected chi connectivity index (χ2v) is 1.61. The van der Waals surface area contributed by atoms with Crippen LogP contribution in [0.5, 0.6) is 0 Å². The van der Waals surface area contributed by atoms with Crippen molar-refractivity contribution in [3.05, 3.63) is 24.4 Å². The largest absolute Gasteiger partial charge is 0.322 e. The molecule has 0 aromatic carbocycles. The van der Waals surface area contributed by atoms with Gasteiger partial charge in [0.05, 0.1) is 13.2 Å². The zero-order valence-corrected chi connectivity index (χ0v) is 5.73. The highest BCUT2D eigenvalue weighted by Gasteiger charge is 1.64. The van der Waals surface area contributed by atoms with Crippen LogP contribution in [-0.2, 0) is 0 Å². The van der Waals surface area contributed by atoms with Crippen molar-refractivity contribution in [1.82, 2.24) is 0 Å². The SMILES string of the molecule is C[NH2+]C=CC=CCCl. The third-order valence-corrected chi connectivity index (χ3v) is 0.818. The molecule has 0 aromatic rings.